The number of ether oxygens (including phenoxy) is 2. The molecule has 0 fully saturated rings. The van der Waals surface area contributed by atoms with Gasteiger partial charge in [-0.15, -0.1) is 0 Å². The maximum Gasteiger partial charge on any atom is 0.233 e. The van der Waals surface area contributed by atoms with E-state index in [0.29, 0.717) is 23.0 Å². The molecule has 0 aliphatic carbocycles. The predicted molar refractivity (Wildman–Crippen MR) is 91.4 cm³/mol. The van der Waals surface area contributed by atoms with Gasteiger partial charge in [0.1, 0.15) is 16.9 Å². The summed E-state index contributed by atoms with van der Waals surface area (Å²) in [6.45, 7) is 2.49. The molecule has 9 heteroatoms. The Hall–Kier alpha value is -2.81. The number of imidazole rings is 1. The van der Waals surface area contributed by atoms with Crippen molar-refractivity contribution in [2.45, 2.75) is 23.7 Å². The molecule has 2 aromatic heterocycles. The lowest BCUT2D eigenvalue weighted by atomic mass is 10.2. The Labute approximate surface area is 147 Å². The van der Waals surface area contributed by atoms with Gasteiger partial charge in [-0.25, -0.2) is 15.0 Å². The molecule has 1 aliphatic heterocycles. The zero-order valence-corrected chi connectivity index (χ0v) is 14.2. The lowest BCUT2D eigenvalue weighted by Crippen LogP contribution is -2.30. The number of aromatic amines is 1. The Bertz CT molecular complexity index is 929. The van der Waals surface area contributed by atoms with Crippen LogP contribution in [0.2, 0.25) is 0 Å². The normalized spacial score (nSPS) is 13.8. The van der Waals surface area contributed by atoms with E-state index in [1.54, 1.807) is 6.33 Å². The minimum absolute atomic E-state index is 0.0751. The fourth-order valence-corrected chi connectivity index (χ4v) is 3.34. The summed E-state index contributed by atoms with van der Waals surface area (Å²) < 4.78 is 10.6. The van der Waals surface area contributed by atoms with Gasteiger partial charge in [0.05, 0.1) is 11.6 Å². The van der Waals surface area contributed by atoms with Crippen LogP contribution in [0, 0.1) is 0 Å². The minimum Gasteiger partial charge on any atom is -0.454 e. The number of amides is 1. The summed E-state index contributed by atoms with van der Waals surface area (Å²) in [6, 6.07) is 5.63. The molecular weight excluding hydrogens is 342 g/mol. The molecule has 3 heterocycles. The van der Waals surface area contributed by atoms with Crippen molar-refractivity contribution < 1.29 is 14.3 Å². The molecular formula is C16H15N5O3S. The van der Waals surface area contributed by atoms with Crippen LogP contribution in [0.3, 0.4) is 0 Å². The van der Waals surface area contributed by atoms with Gasteiger partial charge in [0.2, 0.25) is 12.7 Å². The van der Waals surface area contributed by atoms with Gasteiger partial charge >= 0.3 is 0 Å². The smallest absolute Gasteiger partial charge is 0.233 e. The van der Waals surface area contributed by atoms with Crippen molar-refractivity contribution >= 4 is 28.8 Å². The average Bonchev–Trinajstić information content (AvgIpc) is 3.28. The molecule has 8 nitrogen and oxygen atoms in total. The van der Waals surface area contributed by atoms with Crippen LogP contribution in [-0.2, 0) is 11.3 Å². The third-order valence-corrected chi connectivity index (χ3v) is 4.85. The van der Waals surface area contributed by atoms with Crippen molar-refractivity contribution in [1.82, 2.24) is 25.3 Å². The fourth-order valence-electron chi connectivity index (χ4n) is 2.44. The molecule has 1 aromatic carbocycles. The number of fused-ring (bicyclic) bond motifs is 2. The molecule has 4 rings (SSSR count). The summed E-state index contributed by atoms with van der Waals surface area (Å²) in [6.07, 6.45) is 3.01. The zero-order chi connectivity index (χ0) is 17.2. The molecule has 0 saturated carbocycles. The van der Waals surface area contributed by atoms with Crippen LogP contribution >= 0.6 is 11.8 Å². The van der Waals surface area contributed by atoms with Crippen molar-refractivity contribution in [3.05, 3.63) is 36.4 Å². The van der Waals surface area contributed by atoms with Crippen LogP contribution < -0.4 is 14.8 Å². The van der Waals surface area contributed by atoms with Crippen LogP contribution in [0.4, 0.5) is 0 Å². The molecule has 1 aliphatic rings. The first-order chi connectivity index (χ1) is 12.2. The highest BCUT2D eigenvalue weighted by molar-refractivity contribution is 8.00. The molecule has 0 bridgehead atoms. The van der Waals surface area contributed by atoms with Crippen molar-refractivity contribution in [2.75, 3.05) is 6.79 Å². The first-order valence-electron chi connectivity index (χ1n) is 7.67. The zero-order valence-electron chi connectivity index (χ0n) is 13.4. The van der Waals surface area contributed by atoms with Crippen LogP contribution in [0.5, 0.6) is 11.5 Å². The van der Waals surface area contributed by atoms with Gasteiger partial charge < -0.3 is 19.8 Å². The van der Waals surface area contributed by atoms with Crippen molar-refractivity contribution in [3.63, 3.8) is 0 Å². The molecule has 1 atom stereocenters. The third kappa shape index (κ3) is 3.22. The monoisotopic (exact) mass is 357 g/mol. The highest BCUT2D eigenvalue weighted by atomic mass is 32.2. The average molecular weight is 357 g/mol. The maximum atomic E-state index is 12.4. The number of thioether (sulfide) groups is 1. The lowest BCUT2D eigenvalue weighted by Gasteiger charge is -2.12. The van der Waals surface area contributed by atoms with Gasteiger partial charge in [-0.1, -0.05) is 17.8 Å². The number of carbonyl (C=O) groups is 1. The number of aromatic nitrogens is 4. The number of nitrogens with one attached hydrogen (secondary N) is 2. The fraction of sp³-hybridized carbons (Fsp3) is 0.250. The number of nitrogens with zero attached hydrogens (tertiary/aromatic N) is 3. The molecule has 0 spiro atoms. The molecule has 1 amide bonds. The first kappa shape index (κ1) is 15.7. The number of rotatable bonds is 5. The Kier molecular flexibility index (Phi) is 4.14. The number of H-pyrrole nitrogens is 1. The van der Waals surface area contributed by atoms with Gasteiger partial charge in [-0.05, 0) is 24.6 Å². The summed E-state index contributed by atoms with van der Waals surface area (Å²) in [5.41, 5.74) is 2.28. The van der Waals surface area contributed by atoms with E-state index in [9.17, 15) is 4.79 Å². The number of benzene rings is 1. The SMILES string of the molecule is C[C@@H](Sc1ncnc2nc[nH]c12)C(=O)NCc1ccc2c(c1)OCO2. The Morgan fingerprint density at radius 1 is 1.32 bits per heavy atom. The van der Waals surface area contributed by atoms with Gasteiger partial charge in [-0.2, -0.15) is 0 Å². The van der Waals surface area contributed by atoms with Crippen molar-refractivity contribution in [2.24, 2.45) is 0 Å². The van der Waals surface area contributed by atoms with Gasteiger partial charge in [0.15, 0.2) is 17.1 Å². The standard InChI is InChI=1S/C16H15N5O3S/c1-9(25-16-13-14(19-6-18-13)20-7-21-16)15(22)17-5-10-2-3-11-12(4-10)24-8-23-11/h2-4,6-7,9H,5,8H2,1H3,(H,17,22)(H,18,19,20,21)/t9-/m1/s1. The molecule has 3 aromatic rings. The first-order valence-corrected chi connectivity index (χ1v) is 8.55. The number of hydrogen-bond donors (Lipinski definition) is 2. The third-order valence-electron chi connectivity index (χ3n) is 3.75. The van der Waals surface area contributed by atoms with E-state index < -0.39 is 0 Å². The number of hydrogen-bond acceptors (Lipinski definition) is 7. The second kappa shape index (κ2) is 6.60. The Morgan fingerprint density at radius 3 is 3.12 bits per heavy atom. The van der Waals surface area contributed by atoms with E-state index >= 15 is 0 Å². The summed E-state index contributed by atoms with van der Waals surface area (Å²) in [5.74, 6) is 1.36. The maximum absolute atomic E-state index is 12.4. The van der Waals surface area contributed by atoms with Crippen molar-refractivity contribution in [3.8, 4) is 11.5 Å². The van der Waals surface area contributed by atoms with E-state index in [1.807, 2.05) is 25.1 Å². The predicted octanol–water partition coefficient (Wildman–Crippen LogP) is 1.88. The topological polar surface area (TPSA) is 102 Å². The molecule has 25 heavy (non-hydrogen) atoms. The van der Waals surface area contributed by atoms with Gasteiger partial charge in [0, 0.05) is 6.54 Å². The summed E-state index contributed by atoms with van der Waals surface area (Å²) in [4.78, 5) is 27.8. The molecule has 0 radical (unpaired) electrons. The highest BCUT2D eigenvalue weighted by Gasteiger charge is 2.18. The Morgan fingerprint density at radius 2 is 2.20 bits per heavy atom. The molecule has 2 N–H and O–H groups in total. The molecule has 128 valence electrons. The number of carbonyl (C=O) groups excluding carboxylic acids is 1. The summed E-state index contributed by atoms with van der Waals surface area (Å²) in [7, 11) is 0. The minimum atomic E-state index is -0.310. The molecule has 0 unspecified atom stereocenters. The van der Waals surface area contributed by atoms with Crippen molar-refractivity contribution in [1.29, 1.82) is 0 Å². The highest BCUT2D eigenvalue weighted by Crippen LogP contribution is 2.32. The van der Waals surface area contributed by atoms with E-state index in [0.717, 1.165) is 16.8 Å². The second-order valence-electron chi connectivity index (χ2n) is 5.45. The second-order valence-corrected chi connectivity index (χ2v) is 6.77. The lowest BCUT2D eigenvalue weighted by molar-refractivity contribution is -0.120. The van der Waals surface area contributed by atoms with Crippen LogP contribution in [0.25, 0.3) is 11.2 Å². The quantitative estimate of drug-likeness (QED) is 0.531. The van der Waals surface area contributed by atoms with E-state index in [2.05, 4.69) is 25.3 Å². The van der Waals surface area contributed by atoms with E-state index in [4.69, 9.17) is 9.47 Å². The van der Waals surface area contributed by atoms with Crippen LogP contribution in [-0.4, -0.2) is 37.9 Å². The summed E-state index contributed by atoms with van der Waals surface area (Å²) >= 11 is 1.36. The summed E-state index contributed by atoms with van der Waals surface area (Å²) in [5, 5.41) is 3.32. The van der Waals surface area contributed by atoms with Crippen LogP contribution in [0.1, 0.15) is 12.5 Å². The molecule has 0 saturated heterocycles. The van der Waals surface area contributed by atoms with E-state index in [1.165, 1.54) is 18.1 Å². The van der Waals surface area contributed by atoms with Gasteiger partial charge in [0.25, 0.3) is 0 Å². The Balaban J connectivity index is 1.38. The van der Waals surface area contributed by atoms with Gasteiger partial charge in [-0.3, -0.25) is 4.79 Å². The van der Waals surface area contributed by atoms with E-state index in [-0.39, 0.29) is 18.0 Å². The van der Waals surface area contributed by atoms with Crippen LogP contribution in [0.15, 0.2) is 35.9 Å². The largest absolute Gasteiger partial charge is 0.454 e.